The van der Waals surface area contributed by atoms with Crippen molar-refractivity contribution >= 4 is 5.82 Å². The quantitative estimate of drug-likeness (QED) is 0.922. The Kier molecular flexibility index (Phi) is 4.76. The van der Waals surface area contributed by atoms with Crippen LogP contribution in [-0.2, 0) is 6.54 Å². The summed E-state index contributed by atoms with van der Waals surface area (Å²) < 4.78 is 0. The van der Waals surface area contributed by atoms with E-state index >= 15 is 0 Å². The van der Waals surface area contributed by atoms with Crippen LogP contribution in [0.15, 0.2) is 12.1 Å². The van der Waals surface area contributed by atoms with Gasteiger partial charge in [0.05, 0.1) is 0 Å². The van der Waals surface area contributed by atoms with Gasteiger partial charge in [-0.25, -0.2) is 4.98 Å². The number of anilines is 1. The molecule has 2 fully saturated rings. The second kappa shape index (κ2) is 6.75. The van der Waals surface area contributed by atoms with Gasteiger partial charge in [-0.1, -0.05) is 6.07 Å². The van der Waals surface area contributed by atoms with E-state index in [1.165, 1.54) is 50.9 Å². The van der Waals surface area contributed by atoms with Gasteiger partial charge >= 0.3 is 0 Å². The fraction of sp³-hybridized carbons (Fsp3) is 0.706. The summed E-state index contributed by atoms with van der Waals surface area (Å²) in [5.74, 6) is 1.99. The van der Waals surface area contributed by atoms with Gasteiger partial charge in [0, 0.05) is 37.4 Å². The van der Waals surface area contributed by atoms with E-state index in [2.05, 4.69) is 28.9 Å². The van der Waals surface area contributed by atoms with Crippen LogP contribution >= 0.6 is 0 Å². The van der Waals surface area contributed by atoms with Gasteiger partial charge in [0.1, 0.15) is 5.82 Å². The van der Waals surface area contributed by atoms with E-state index < -0.39 is 0 Å². The first-order valence-corrected chi connectivity index (χ1v) is 8.40. The molecule has 2 aliphatic heterocycles. The van der Waals surface area contributed by atoms with Gasteiger partial charge in [-0.2, -0.15) is 0 Å². The zero-order valence-corrected chi connectivity index (χ0v) is 13.2. The van der Waals surface area contributed by atoms with E-state index in [0.717, 1.165) is 30.5 Å². The molecule has 0 atom stereocenters. The average molecular weight is 288 g/mol. The fourth-order valence-electron chi connectivity index (χ4n) is 3.66. The first kappa shape index (κ1) is 14.8. The van der Waals surface area contributed by atoms with Crippen molar-refractivity contribution < 1.29 is 0 Å². The van der Waals surface area contributed by atoms with Crippen molar-refractivity contribution in [1.82, 2.24) is 9.88 Å². The molecule has 0 aliphatic carbocycles. The number of rotatable bonds is 4. The molecular formula is C17H28N4. The van der Waals surface area contributed by atoms with E-state index in [-0.39, 0.29) is 0 Å². The lowest BCUT2D eigenvalue weighted by molar-refractivity contribution is 0.249. The maximum atomic E-state index is 5.87. The van der Waals surface area contributed by atoms with E-state index in [4.69, 9.17) is 10.7 Å². The topological polar surface area (TPSA) is 45.4 Å². The average Bonchev–Trinajstić information content (AvgIpc) is 3.01. The number of aryl methyl sites for hydroxylation is 1. The highest BCUT2D eigenvalue weighted by Crippen LogP contribution is 2.26. The van der Waals surface area contributed by atoms with Gasteiger partial charge in [-0.3, -0.25) is 0 Å². The highest BCUT2D eigenvalue weighted by atomic mass is 15.2. The molecule has 4 nitrogen and oxygen atoms in total. The number of hydrogen-bond donors (Lipinski definition) is 1. The van der Waals surface area contributed by atoms with Crippen molar-refractivity contribution in [1.29, 1.82) is 0 Å². The predicted molar refractivity (Wildman–Crippen MR) is 87.5 cm³/mol. The minimum absolute atomic E-state index is 0.580. The molecule has 0 spiro atoms. The number of pyridine rings is 1. The molecule has 2 saturated heterocycles. The summed E-state index contributed by atoms with van der Waals surface area (Å²) in [5.41, 5.74) is 8.13. The van der Waals surface area contributed by atoms with Crippen LogP contribution in [0.2, 0.25) is 0 Å². The molecule has 2 N–H and O–H groups in total. The van der Waals surface area contributed by atoms with Crippen LogP contribution < -0.4 is 10.6 Å². The molecule has 0 bridgehead atoms. The first-order chi connectivity index (χ1) is 10.3. The van der Waals surface area contributed by atoms with Crippen LogP contribution in [-0.4, -0.2) is 42.6 Å². The highest BCUT2D eigenvalue weighted by Gasteiger charge is 2.24. The summed E-state index contributed by atoms with van der Waals surface area (Å²) in [6, 6.07) is 4.19. The number of likely N-dealkylation sites (tertiary alicyclic amines) is 1. The van der Waals surface area contributed by atoms with Crippen molar-refractivity contribution in [3.05, 3.63) is 23.4 Å². The third kappa shape index (κ3) is 3.55. The Morgan fingerprint density at radius 2 is 1.86 bits per heavy atom. The lowest BCUT2D eigenvalue weighted by Gasteiger charge is -2.35. The third-order valence-corrected chi connectivity index (χ3v) is 4.94. The zero-order valence-electron chi connectivity index (χ0n) is 13.2. The summed E-state index contributed by atoms with van der Waals surface area (Å²) in [6.45, 7) is 8.83. The largest absolute Gasteiger partial charge is 0.356 e. The molecule has 0 amide bonds. The maximum Gasteiger partial charge on any atom is 0.133 e. The van der Waals surface area contributed by atoms with Crippen molar-refractivity contribution in [2.75, 3.05) is 37.6 Å². The van der Waals surface area contributed by atoms with Crippen LogP contribution in [0.1, 0.15) is 36.9 Å². The van der Waals surface area contributed by atoms with Crippen LogP contribution in [0.25, 0.3) is 0 Å². The molecule has 4 heteroatoms. The normalized spacial score (nSPS) is 21.1. The molecule has 116 valence electrons. The smallest absolute Gasteiger partial charge is 0.133 e. The standard InChI is InChI=1S/C17H28N4/c1-14-4-5-16(12-18)17(19-14)21-10-6-15(7-11-21)13-20-8-2-3-9-20/h4-5,15H,2-3,6-13,18H2,1H3. The van der Waals surface area contributed by atoms with Crippen molar-refractivity contribution in [2.24, 2.45) is 11.7 Å². The van der Waals surface area contributed by atoms with Gasteiger partial charge in [0.2, 0.25) is 0 Å². The molecule has 2 aliphatic rings. The molecule has 3 rings (SSSR count). The second-order valence-corrected chi connectivity index (χ2v) is 6.58. The van der Waals surface area contributed by atoms with E-state index in [1.807, 2.05) is 0 Å². The Balaban J connectivity index is 1.59. The first-order valence-electron chi connectivity index (χ1n) is 8.40. The molecule has 21 heavy (non-hydrogen) atoms. The maximum absolute atomic E-state index is 5.87. The number of nitrogens with zero attached hydrogens (tertiary/aromatic N) is 3. The summed E-state index contributed by atoms with van der Waals surface area (Å²) in [7, 11) is 0. The Hall–Kier alpha value is -1.13. The minimum atomic E-state index is 0.580. The predicted octanol–water partition coefficient (Wildman–Crippen LogP) is 2.16. The SMILES string of the molecule is Cc1ccc(CN)c(N2CCC(CN3CCCC3)CC2)n1. The van der Waals surface area contributed by atoms with E-state index in [1.54, 1.807) is 0 Å². The van der Waals surface area contributed by atoms with Crippen molar-refractivity contribution in [3.8, 4) is 0 Å². The second-order valence-electron chi connectivity index (χ2n) is 6.58. The summed E-state index contributed by atoms with van der Waals surface area (Å²) in [5, 5.41) is 0. The fourth-order valence-corrected chi connectivity index (χ4v) is 3.66. The van der Waals surface area contributed by atoms with Crippen molar-refractivity contribution in [2.45, 2.75) is 39.2 Å². The van der Waals surface area contributed by atoms with E-state index in [9.17, 15) is 0 Å². The Labute approximate surface area is 128 Å². The number of aromatic nitrogens is 1. The van der Waals surface area contributed by atoms with Gasteiger partial charge in [0.15, 0.2) is 0 Å². The molecule has 1 aromatic heterocycles. The molecule has 1 aromatic rings. The number of nitrogens with two attached hydrogens (primary N) is 1. The summed E-state index contributed by atoms with van der Waals surface area (Å²) in [6.07, 6.45) is 5.37. The van der Waals surface area contributed by atoms with Gasteiger partial charge in [0.25, 0.3) is 0 Å². The van der Waals surface area contributed by atoms with Crippen LogP contribution in [0.4, 0.5) is 5.82 Å². The Morgan fingerprint density at radius 3 is 2.52 bits per heavy atom. The van der Waals surface area contributed by atoms with Crippen LogP contribution in [0, 0.1) is 12.8 Å². The van der Waals surface area contributed by atoms with Crippen LogP contribution in [0.5, 0.6) is 0 Å². The molecule has 0 saturated carbocycles. The number of piperidine rings is 1. The van der Waals surface area contributed by atoms with Gasteiger partial charge < -0.3 is 15.5 Å². The number of hydrogen-bond acceptors (Lipinski definition) is 4. The van der Waals surface area contributed by atoms with Crippen molar-refractivity contribution in [3.63, 3.8) is 0 Å². The lowest BCUT2D eigenvalue weighted by atomic mass is 9.96. The Morgan fingerprint density at radius 1 is 1.14 bits per heavy atom. The molecule has 0 unspecified atom stereocenters. The highest BCUT2D eigenvalue weighted by molar-refractivity contribution is 5.48. The molecular weight excluding hydrogens is 260 g/mol. The van der Waals surface area contributed by atoms with Gasteiger partial charge in [-0.05, 0) is 57.7 Å². The minimum Gasteiger partial charge on any atom is -0.356 e. The summed E-state index contributed by atoms with van der Waals surface area (Å²) in [4.78, 5) is 9.82. The monoisotopic (exact) mass is 288 g/mol. The third-order valence-electron chi connectivity index (χ3n) is 4.94. The van der Waals surface area contributed by atoms with Gasteiger partial charge in [-0.15, -0.1) is 0 Å². The summed E-state index contributed by atoms with van der Waals surface area (Å²) >= 11 is 0. The zero-order chi connectivity index (χ0) is 14.7. The molecule has 3 heterocycles. The lowest BCUT2D eigenvalue weighted by Crippen LogP contribution is -2.39. The molecule has 0 aromatic carbocycles. The molecule has 0 radical (unpaired) electrons. The van der Waals surface area contributed by atoms with Crippen LogP contribution in [0.3, 0.4) is 0 Å². The Bertz CT molecular complexity index is 460. The van der Waals surface area contributed by atoms with E-state index in [0.29, 0.717) is 6.54 Å².